The standard InChI is InChI=1S/C10H13NO/c1-12-7-8-6-11-10-5-3-2-4-9(8)10/h2-5,8,11H,6-7H2,1H3/t8-/m1/s1. The molecule has 1 aromatic carbocycles. The molecule has 1 aliphatic rings. The number of benzene rings is 1. The number of anilines is 1. The van der Waals surface area contributed by atoms with Crippen LogP contribution in [0.15, 0.2) is 24.3 Å². The lowest BCUT2D eigenvalue weighted by molar-refractivity contribution is 0.184. The first-order valence-electron chi connectivity index (χ1n) is 4.23. The molecule has 0 radical (unpaired) electrons. The van der Waals surface area contributed by atoms with Crippen molar-refractivity contribution in [3.05, 3.63) is 29.8 Å². The van der Waals surface area contributed by atoms with Gasteiger partial charge in [0.2, 0.25) is 0 Å². The monoisotopic (exact) mass is 163 g/mol. The third kappa shape index (κ3) is 1.18. The van der Waals surface area contributed by atoms with Crippen LogP contribution < -0.4 is 5.32 Å². The van der Waals surface area contributed by atoms with E-state index < -0.39 is 0 Å². The van der Waals surface area contributed by atoms with Gasteiger partial charge in [-0.25, -0.2) is 0 Å². The second kappa shape index (κ2) is 3.15. The van der Waals surface area contributed by atoms with E-state index in [9.17, 15) is 0 Å². The van der Waals surface area contributed by atoms with Crippen molar-refractivity contribution < 1.29 is 4.74 Å². The van der Waals surface area contributed by atoms with Crippen molar-refractivity contribution in [3.63, 3.8) is 0 Å². The fraction of sp³-hybridized carbons (Fsp3) is 0.400. The molecule has 0 saturated heterocycles. The smallest absolute Gasteiger partial charge is 0.0548 e. The number of fused-ring (bicyclic) bond motifs is 1. The molecule has 2 heteroatoms. The van der Waals surface area contributed by atoms with Crippen LogP contribution in [0.5, 0.6) is 0 Å². The first kappa shape index (κ1) is 7.62. The van der Waals surface area contributed by atoms with Gasteiger partial charge in [0.15, 0.2) is 0 Å². The van der Waals surface area contributed by atoms with Crippen LogP contribution in [0.3, 0.4) is 0 Å². The Morgan fingerprint density at radius 1 is 1.50 bits per heavy atom. The Balaban J connectivity index is 2.24. The molecule has 0 aliphatic carbocycles. The molecule has 0 saturated carbocycles. The first-order valence-corrected chi connectivity index (χ1v) is 4.23. The van der Waals surface area contributed by atoms with E-state index in [0.29, 0.717) is 5.92 Å². The van der Waals surface area contributed by atoms with Gasteiger partial charge in [0, 0.05) is 25.3 Å². The maximum absolute atomic E-state index is 5.14. The van der Waals surface area contributed by atoms with Crippen molar-refractivity contribution in [1.29, 1.82) is 0 Å². The molecule has 0 aromatic heterocycles. The zero-order chi connectivity index (χ0) is 8.39. The van der Waals surface area contributed by atoms with E-state index in [-0.39, 0.29) is 0 Å². The van der Waals surface area contributed by atoms with Gasteiger partial charge in [-0.1, -0.05) is 18.2 Å². The van der Waals surface area contributed by atoms with Gasteiger partial charge in [-0.2, -0.15) is 0 Å². The summed E-state index contributed by atoms with van der Waals surface area (Å²) in [5.41, 5.74) is 2.65. The number of rotatable bonds is 2. The van der Waals surface area contributed by atoms with Gasteiger partial charge in [0.05, 0.1) is 6.61 Å². The second-order valence-electron chi connectivity index (χ2n) is 3.12. The van der Waals surface area contributed by atoms with E-state index in [4.69, 9.17) is 4.74 Å². The molecule has 0 amide bonds. The Hall–Kier alpha value is -1.02. The molecule has 0 fully saturated rings. The van der Waals surface area contributed by atoms with Gasteiger partial charge in [0.25, 0.3) is 0 Å². The van der Waals surface area contributed by atoms with Crippen LogP contribution in [-0.4, -0.2) is 20.3 Å². The summed E-state index contributed by atoms with van der Waals surface area (Å²) >= 11 is 0. The molecule has 12 heavy (non-hydrogen) atoms. The molecular formula is C10H13NO. The molecule has 0 bridgehead atoms. The number of nitrogens with one attached hydrogen (secondary N) is 1. The topological polar surface area (TPSA) is 21.3 Å². The number of methoxy groups -OCH3 is 1. The highest BCUT2D eigenvalue weighted by molar-refractivity contribution is 5.57. The highest BCUT2D eigenvalue weighted by Crippen LogP contribution is 2.30. The normalized spacial score (nSPS) is 20.2. The predicted molar refractivity (Wildman–Crippen MR) is 49.5 cm³/mol. The van der Waals surface area contributed by atoms with Gasteiger partial charge in [-0.05, 0) is 11.6 Å². The van der Waals surface area contributed by atoms with E-state index in [0.717, 1.165) is 13.2 Å². The van der Waals surface area contributed by atoms with E-state index in [2.05, 4.69) is 29.6 Å². The number of hydrogen-bond acceptors (Lipinski definition) is 2. The Labute approximate surface area is 72.5 Å². The number of para-hydroxylation sites is 1. The molecule has 0 spiro atoms. The summed E-state index contributed by atoms with van der Waals surface area (Å²) in [6.45, 7) is 1.82. The fourth-order valence-corrected chi connectivity index (χ4v) is 1.71. The van der Waals surface area contributed by atoms with Gasteiger partial charge in [0.1, 0.15) is 0 Å². The van der Waals surface area contributed by atoms with Gasteiger partial charge < -0.3 is 10.1 Å². The maximum Gasteiger partial charge on any atom is 0.0548 e. The molecule has 1 heterocycles. The zero-order valence-corrected chi connectivity index (χ0v) is 7.21. The fourth-order valence-electron chi connectivity index (χ4n) is 1.71. The lowest BCUT2D eigenvalue weighted by Gasteiger charge is -2.07. The zero-order valence-electron chi connectivity index (χ0n) is 7.21. The summed E-state index contributed by atoms with van der Waals surface area (Å²) < 4.78 is 5.14. The molecule has 2 nitrogen and oxygen atoms in total. The minimum absolute atomic E-state index is 0.534. The van der Waals surface area contributed by atoms with Crippen molar-refractivity contribution in [1.82, 2.24) is 0 Å². The minimum Gasteiger partial charge on any atom is -0.384 e. The molecule has 1 aliphatic heterocycles. The summed E-state index contributed by atoms with van der Waals surface area (Å²) in [6.07, 6.45) is 0. The Morgan fingerprint density at radius 2 is 2.33 bits per heavy atom. The summed E-state index contributed by atoms with van der Waals surface area (Å²) in [4.78, 5) is 0. The molecular weight excluding hydrogens is 150 g/mol. The van der Waals surface area contributed by atoms with Crippen LogP contribution in [0.1, 0.15) is 11.5 Å². The summed E-state index contributed by atoms with van der Waals surface area (Å²) in [7, 11) is 1.75. The van der Waals surface area contributed by atoms with E-state index in [1.165, 1.54) is 11.3 Å². The van der Waals surface area contributed by atoms with Crippen LogP contribution >= 0.6 is 0 Å². The average Bonchev–Trinajstić information content (AvgIpc) is 2.50. The van der Waals surface area contributed by atoms with Crippen LogP contribution in [-0.2, 0) is 4.74 Å². The molecule has 0 unspecified atom stereocenters. The Bertz CT molecular complexity index is 270. The second-order valence-corrected chi connectivity index (χ2v) is 3.12. The molecule has 1 atom stereocenters. The van der Waals surface area contributed by atoms with E-state index in [1.54, 1.807) is 7.11 Å². The molecule has 1 N–H and O–H groups in total. The first-order chi connectivity index (χ1) is 5.92. The van der Waals surface area contributed by atoms with E-state index in [1.807, 2.05) is 0 Å². The van der Waals surface area contributed by atoms with Crippen molar-refractivity contribution >= 4 is 5.69 Å². The van der Waals surface area contributed by atoms with Crippen LogP contribution in [0.4, 0.5) is 5.69 Å². The highest BCUT2D eigenvalue weighted by atomic mass is 16.5. The SMILES string of the molecule is COC[C@H]1CNc2ccccc21. The molecule has 1 aromatic rings. The van der Waals surface area contributed by atoms with Gasteiger partial charge >= 0.3 is 0 Å². The van der Waals surface area contributed by atoms with Crippen LogP contribution in [0.25, 0.3) is 0 Å². The van der Waals surface area contributed by atoms with Crippen LogP contribution in [0, 0.1) is 0 Å². The lowest BCUT2D eigenvalue weighted by atomic mass is 10.0. The van der Waals surface area contributed by atoms with Crippen molar-refractivity contribution in [2.24, 2.45) is 0 Å². The van der Waals surface area contributed by atoms with Gasteiger partial charge in [-0.15, -0.1) is 0 Å². The van der Waals surface area contributed by atoms with Gasteiger partial charge in [-0.3, -0.25) is 0 Å². The average molecular weight is 163 g/mol. The quantitative estimate of drug-likeness (QED) is 0.718. The Kier molecular flexibility index (Phi) is 2.00. The van der Waals surface area contributed by atoms with Crippen LogP contribution in [0.2, 0.25) is 0 Å². The minimum atomic E-state index is 0.534. The third-order valence-electron chi connectivity index (χ3n) is 2.31. The molecule has 2 rings (SSSR count). The summed E-state index contributed by atoms with van der Waals surface area (Å²) in [6, 6.07) is 8.42. The molecule has 64 valence electrons. The van der Waals surface area contributed by atoms with E-state index >= 15 is 0 Å². The highest BCUT2D eigenvalue weighted by Gasteiger charge is 2.20. The van der Waals surface area contributed by atoms with Crippen molar-refractivity contribution in [2.45, 2.75) is 5.92 Å². The van der Waals surface area contributed by atoms with Crippen molar-refractivity contribution in [3.8, 4) is 0 Å². The summed E-state index contributed by atoms with van der Waals surface area (Å²) in [5.74, 6) is 0.534. The maximum atomic E-state index is 5.14. The number of ether oxygens (including phenoxy) is 1. The Morgan fingerprint density at radius 3 is 3.17 bits per heavy atom. The third-order valence-corrected chi connectivity index (χ3v) is 2.31. The predicted octanol–water partition coefficient (Wildman–Crippen LogP) is 1.84. The largest absolute Gasteiger partial charge is 0.384 e. The van der Waals surface area contributed by atoms with Crippen molar-refractivity contribution in [2.75, 3.05) is 25.6 Å². The number of hydrogen-bond donors (Lipinski definition) is 1. The summed E-state index contributed by atoms with van der Waals surface area (Å²) in [5, 5.41) is 3.36. The lowest BCUT2D eigenvalue weighted by Crippen LogP contribution is -2.07.